The fourth-order valence-corrected chi connectivity index (χ4v) is 3.96. The van der Waals surface area contributed by atoms with Crippen LogP contribution in [0.5, 0.6) is 0 Å². The van der Waals surface area contributed by atoms with Crippen molar-refractivity contribution in [1.82, 2.24) is 19.3 Å². The van der Waals surface area contributed by atoms with Gasteiger partial charge in [-0.25, -0.2) is 13.1 Å². The summed E-state index contributed by atoms with van der Waals surface area (Å²) in [6.07, 6.45) is 0. The van der Waals surface area contributed by atoms with Gasteiger partial charge in [0.1, 0.15) is 0 Å². The van der Waals surface area contributed by atoms with Gasteiger partial charge in [-0.1, -0.05) is 35.0 Å². The highest BCUT2D eigenvalue weighted by atomic mass is 79.9. The van der Waals surface area contributed by atoms with Crippen LogP contribution in [0.3, 0.4) is 0 Å². The first-order valence-electron chi connectivity index (χ1n) is 5.89. The molecule has 0 bridgehead atoms. The summed E-state index contributed by atoms with van der Waals surface area (Å²) >= 11 is 3.12. The summed E-state index contributed by atoms with van der Waals surface area (Å²) < 4.78 is 27.7. The van der Waals surface area contributed by atoms with Crippen LogP contribution in [0.1, 0.15) is 11.1 Å². The van der Waals surface area contributed by atoms with Crippen LogP contribution in [-0.2, 0) is 23.6 Å². The molecule has 8 heteroatoms. The Hall–Kier alpha value is -1.25. The molecule has 0 atom stereocenters. The number of sulfonamides is 1. The lowest BCUT2D eigenvalue weighted by molar-refractivity contribution is 0.456. The van der Waals surface area contributed by atoms with E-state index >= 15 is 0 Å². The van der Waals surface area contributed by atoms with Crippen molar-refractivity contribution in [2.45, 2.75) is 18.5 Å². The quantitative estimate of drug-likeness (QED) is 0.834. The van der Waals surface area contributed by atoms with Gasteiger partial charge in [0.25, 0.3) is 10.0 Å². The molecule has 0 aliphatic rings. The molecule has 0 fully saturated rings. The topological polar surface area (TPSA) is 68.1 Å². The second-order valence-electron chi connectivity index (χ2n) is 4.56. The van der Waals surface area contributed by atoms with E-state index in [1.54, 1.807) is 7.05 Å². The summed E-state index contributed by atoms with van der Waals surface area (Å²) in [5.74, 6) is 0. The maximum Gasteiger partial charge on any atom is 0.263 e. The normalized spacial score (nSPS) is 12.1. The van der Waals surface area contributed by atoms with Gasteiger partial charge in [-0.15, -0.1) is 5.10 Å². The molecule has 2 rings (SSSR count). The summed E-state index contributed by atoms with van der Waals surface area (Å²) in [5.41, 5.74) is 2.06. The Balaban J connectivity index is 2.28. The molecular formula is C12H15BrN4O2S. The number of rotatable bonds is 4. The first-order chi connectivity index (χ1) is 9.32. The largest absolute Gasteiger partial charge is 0.263 e. The van der Waals surface area contributed by atoms with E-state index in [2.05, 4.69) is 26.2 Å². The number of aromatic nitrogens is 3. The Labute approximate surface area is 126 Å². The average molecular weight is 359 g/mol. The zero-order valence-electron chi connectivity index (χ0n) is 11.4. The molecule has 0 radical (unpaired) electrons. The third kappa shape index (κ3) is 2.92. The Morgan fingerprint density at radius 1 is 1.30 bits per heavy atom. The van der Waals surface area contributed by atoms with Gasteiger partial charge in [-0.05, 0) is 28.4 Å². The molecule has 1 heterocycles. The second-order valence-corrected chi connectivity index (χ2v) is 7.27. The first kappa shape index (κ1) is 15.1. The Bertz CT molecular complexity index is 690. The minimum Gasteiger partial charge on any atom is -0.235 e. The summed E-state index contributed by atoms with van der Waals surface area (Å²) in [6.45, 7) is 2.28. The van der Waals surface area contributed by atoms with Gasteiger partial charge in [-0.2, -0.15) is 4.31 Å². The lowest BCUT2D eigenvalue weighted by Gasteiger charge is -2.17. The molecule has 0 aliphatic carbocycles. The summed E-state index contributed by atoms with van der Waals surface area (Å²) in [6, 6.07) is 7.74. The number of benzene rings is 1. The Morgan fingerprint density at radius 2 is 1.90 bits per heavy atom. The van der Waals surface area contributed by atoms with Crippen molar-refractivity contribution in [2.24, 2.45) is 7.05 Å². The molecule has 0 amide bonds. The monoisotopic (exact) mass is 358 g/mol. The predicted octanol–water partition coefficient (Wildman–Crippen LogP) is 1.71. The molecule has 0 aliphatic heterocycles. The third-order valence-electron chi connectivity index (χ3n) is 2.92. The fraction of sp³-hybridized carbons (Fsp3) is 0.333. The van der Waals surface area contributed by atoms with E-state index in [1.165, 1.54) is 16.0 Å². The van der Waals surface area contributed by atoms with Crippen LogP contribution < -0.4 is 0 Å². The van der Waals surface area contributed by atoms with Gasteiger partial charge >= 0.3 is 0 Å². The minimum atomic E-state index is -3.64. The molecule has 0 saturated heterocycles. The number of halogens is 1. The minimum absolute atomic E-state index is 0.0483. The first-order valence-corrected chi connectivity index (χ1v) is 8.12. The lowest BCUT2D eigenvalue weighted by atomic mass is 10.1. The molecule has 6 nitrogen and oxygen atoms in total. The van der Waals surface area contributed by atoms with Crippen molar-refractivity contribution in [3.05, 3.63) is 40.0 Å². The van der Waals surface area contributed by atoms with Crippen molar-refractivity contribution in [3.8, 4) is 0 Å². The van der Waals surface area contributed by atoms with E-state index in [-0.39, 0.29) is 9.63 Å². The number of hydrogen-bond acceptors (Lipinski definition) is 4. The molecule has 0 spiro atoms. The van der Waals surface area contributed by atoms with Gasteiger partial charge < -0.3 is 0 Å². The molecule has 1 aromatic heterocycles. The standard InChI is InChI=1S/C12H15BrN4O2S/c1-9-4-6-10(7-5-9)8-16(2)20(18,19)12-11(13)14-15-17(12)3/h4-7H,8H2,1-3H3. The average Bonchev–Trinajstić information content (AvgIpc) is 2.72. The number of aryl methyl sites for hydroxylation is 2. The van der Waals surface area contributed by atoms with Crippen molar-refractivity contribution < 1.29 is 8.42 Å². The second kappa shape index (κ2) is 5.63. The van der Waals surface area contributed by atoms with E-state index in [1.807, 2.05) is 31.2 Å². The van der Waals surface area contributed by atoms with Crippen LogP contribution in [0.15, 0.2) is 33.9 Å². The van der Waals surface area contributed by atoms with Crippen molar-refractivity contribution in [3.63, 3.8) is 0 Å². The molecule has 108 valence electrons. The molecule has 0 unspecified atom stereocenters. The zero-order valence-corrected chi connectivity index (χ0v) is 13.8. The van der Waals surface area contributed by atoms with Gasteiger partial charge in [-0.3, -0.25) is 0 Å². The predicted molar refractivity (Wildman–Crippen MR) is 78.5 cm³/mol. The van der Waals surface area contributed by atoms with E-state index < -0.39 is 10.0 Å². The summed E-state index contributed by atoms with van der Waals surface area (Å²) in [4.78, 5) is 0. The fourth-order valence-electron chi connectivity index (χ4n) is 1.78. The van der Waals surface area contributed by atoms with Crippen LogP contribution in [-0.4, -0.2) is 34.8 Å². The maximum atomic E-state index is 12.5. The highest BCUT2D eigenvalue weighted by molar-refractivity contribution is 9.10. The van der Waals surface area contributed by atoms with Crippen molar-refractivity contribution in [2.75, 3.05) is 7.05 Å². The van der Waals surface area contributed by atoms with Gasteiger partial charge in [0.2, 0.25) is 5.03 Å². The smallest absolute Gasteiger partial charge is 0.235 e. The van der Waals surface area contributed by atoms with Crippen LogP contribution in [0, 0.1) is 6.92 Å². The van der Waals surface area contributed by atoms with Crippen LogP contribution in [0.2, 0.25) is 0 Å². The van der Waals surface area contributed by atoms with Crippen LogP contribution >= 0.6 is 15.9 Å². The summed E-state index contributed by atoms with van der Waals surface area (Å²) in [7, 11) is -0.559. The van der Waals surface area contributed by atoms with Gasteiger partial charge in [0.15, 0.2) is 4.60 Å². The highest BCUT2D eigenvalue weighted by Crippen LogP contribution is 2.22. The third-order valence-corrected chi connectivity index (χ3v) is 5.61. The summed E-state index contributed by atoms with van der Waals surface area (Å²) in [5, 5.41) is 7.45. The molecule has 20 heavy (non-hydrogen) atoms. The van der Waals surface area contributed by atoms with E-state index in [9.17, 15) is 8.42 Å². The SMILES string of the molecule is Cc1ccc(CN(C)S(=O)(=O)c2c(Br)nnn2C)cc1. The van der Waals surface area contributed by atoms with Crippen molar-refractivity contribution in [1.29, 1.82) is 0 Å². The zero-order chi connectivity index (χ0) is 14.9. The van der Waals surface area contributed by atoms with Gasteiger partial charge in [0.05, 0.1) is 0 Å². The van der Waals surface area contributed by atoms with Gasteiger partial charge in [0, 0.05) is 20.6 Å². The molecular weight excluding hydrogens is 344 g/mol. The van der Waals surface area contributed by atoms with E-state index in [0.29, 0.717) is 6.54 Å². The molecule has 2 aromatic rings. The molecule has 0 N–H and O–H groups in total. The Kier molecular flexibility index (Phi) is 4.26. The maximum absolute atomic E-state index is 12.5. The molecule has 0 saturated carbocycles. The van der Waals surface area contributed by atoms with Crippen LogP contribution in [0.4, 0.5) is 0 Å². The highest BCUT2D eigenvalue weighted by Gasteiger charge is 2.28. The number of nitrogens with zero attached hydrogens (tertiary/aromatic N) is 4. The van der Waals surface area contributed by atoms with Crippen molar-refractivity contribution >= 4 is 26.0 Å². The lowest BCUT2D eigenvalue weighted by Crippen LogP contribution is -2.28. The molecule has 1 aromatic carbocycles. The van der Waals surface area contributed by atoms with E-state index in [4.69, 9.17) is 0 Å². The number of hydrogen-bond donors (Lipinski definition) is 0. The van der Waals surface area contributed by atoms with Crippen LogP contribution in [0.25, 0.3) is 0 Å². The van der Waals surface area contributed by atoms with E-state index in [0.717, 1.165) is 11.1 Å². The Morgan fingerprint density at radius 3 is 2.40 bits per heavy atom.